The van der Waals surface area contributed by atoms with Crippen molar-refractivity contribution in [3.63, 3.8) is 0 Å². The van der Waals surface area contributed by atoms with Crippen LogP contribution in [0.3, 0.4) is 0 Å². The summed E-state index contributed by atoms with van der Waals surface area (Å²) in [6, 6.07) is 0. The molecule has 3 heterocycles. The fourth-order valence-corrected chi connectivity index (χ4v) is 5.30. The zero-order valence-electron chi connectivity index (χ0n) is 2.66. The van der Waals surface area contributed by atoms with Crippen LogP contribution in [0.25, 0.3) is 0 Å². The molecule has 3 aliphatic rings. The molecule has 0 saturated carbocycles. The van der Waals surface area contributed by atoms with E-state index >= 15 is 0 Å². The van der Waals surface area contributed by atoms with Gasteiger partial charge in [-0.2, -0.15) is 0 Å². The molecule has 3 aliphatic heterocycles. The second-order valence-electron chi connectivity index (χ2n) is 1.05. The van der Waals surface area contributed by atoms with Crippen LogP contribution < -0.4 is 0 Å². The summed E-state index contributed by atoms with van der Waals surface area (Å²) in [5.74, 6) is 0. The van der Waals surface area contributed by atoms with E-state index in [2.05, 4.69) is 9.95 Å². The Kier molecular flexibility index (Phi) is 0.493. The Balaban J connectivity index is 2.39. The molecule has 0 aromatic heterocycles. The van der Waals surface area contributed by atoms with E-state index in [1.165, 1.54) is 0 Å². The van der Waals surface area contributed by atoms with Crippen LogP contribution in [0.5, 0.6) is 0 Å². The van der Waals surface area contributed by atoms with Crippen molar-refractivity contribution in [1.29, 1.82) is 0 Å². The van der Waals surface area contributed by atoms with Crippen molar-refractivity contribution in [2.45, 2.75) is 0 Å². The van der Waals surface area contributed by atoms with Crippen LogP contribution >= 0.6 is 7.82 Å². The Morgan fingerprint density at radius 3 is 1.67 bits per heavy atom. The van der Waals surface area contributed by atoms with Gasteiger partial charge >= 0.3 is 39.6 Å². The summed E-state index contributed by atoms with van der Waals surface area (Å²) in [7, 11) is -2.74. The van der Waals surface area contributed by atoms with Gasteiger partial charge in [0.15, 0.2) is 0 Å². The van der Waals surface area contributed by atoms with Gasteiger partial charge < -0.3 is 0 Å². The Bertz CT molecular complexity index is 106. The summed E-state index contributed by atoms with van der Waals surface area (Å²) in [4.78, 5) is 0. The summed E-state index contributed by atoms with van der Waals surface area (Å²) >= 11 is -2.03. The second-order valence-corrected chi connectivity index (χ2v) is 7.77. The van der Waals surface area contributed by atoms with E-state index in [0.29, 0.717) is 0 Å². The topological polar surface area (TPSA) is 44.8 Å². The monoisotopic (exact) mass is 164 g/mol. The Hall–Kier alpha value is 0.746. The molecule has 0 atom stereocenters. The summed E-state index contributed by atoms with van der Waals surface area (Å²) in [5.41, 5.74) is 0. The number of phosphoric acid groups is 1. The van der Waals surface area contributed by atoms with Crippen molar-refractivity contribution in [1.82, 2.24) is 0 Å². The van der Waals surface area contributed by atoms with Crippen molar-refractivity contribution in [3.8, 4) is 0 Å². The van der Waals surface area contributed by atoms with Crippen molar-refractivity contribution >= 4 is 25.1 Å². The molecule has 0 aromatic rings. The van der Waals surface area contributed by atoms with Gasteiger partial charge in [-0.05, 0) is 0 Å². The standard InChI is InChI=1S/Ga.H3O4P/c;1-5(2,3)4/h;(H3,1,2,3,4)/q+3;/p-3. The van der Waals surface area contributed by atoms with Crippen LogP contribution in [0, 0.1) is 0 Å². The molecule has 6 heteroatoms. The fourth-order valence-electron chi connectivity index (χ4n) is 0.340. The van der Waals surface area contributed by atoms with Crippen molar-refractivity contribution in [3.05, 3.63) is 0 Å². The molecule has 3 fully saturated rings. The Morgan fingerprint density at radius 2 is 1.67 bits per heavy atom. The van der Waals surface area contributed by atoms with Crippen LogP contribution in [0.15, 0.2) is 0 Å². The first kappa shape index (κ1) is 3.71. The molecule has 0 unspecified atom stereocenters. The van der Waals surface area contributed by atoms with Crippen molar-refractivity contribution < 1.29 is 14.5 Å². The van der Waals surface area contributed by atoms with Gasteiger partial charge in [-0.15, -0.1) is 0 Å². The first-order valence-corrected chi connectivity index (χ1v) is 5.87. The van der Waals surface area contributed by atoms with Gasteiger partial charge in [0, 0.05) is 0 Å². The number of rotatable bonds is 0. The number of hydrogen-bond donors (Lipinski definition) is 0. The average molecular weight is 165 g/mol. The zero-order valence-corrected chi connectivity index (χ0v) is 5.97. The molecular weight excluding hydrogens is 165 g/mol. The molecule has 0 N–H and O–H groups in total. The van der Waals surface area contributed by atoms with E-state index in [9.17, 15) is 4.57 Å². The van der Waals surface area contributed by atoms with Gasteiger partial charge in [0.2, 0.25) is 0 Å². The normalized spacial score (nSPS) is 34.3. The van der Waals surface area contributed by atoms with Gasteiger partial charge in [-0.1, -0.05) is 0 Å². The van der Waals surface area contributed by atoms with Gasteiger partial charge in [0.25, 0.3) is 0 Å². The molecule has 0 spiro atoms. The van der Waals surface area contributed by atoms with E-state index in [0.717, 1.165) is 0 Å². The van der Waals surface area contributed by atoms with Gasteiger partial charge in [-0.25, -0.2) is 0 Å². The quantitative estimate of drug-likeness (QED) is 0.378. The third-order valence-electron chi connectivity index (χ3n) is 0.645. The molecule has 0 aliphatic carbocycles. The molecule has 0 radical (unpaired) electrons. The van der Waals surface area contributed by atoms with Crippen molar-refractivity contribution in [2.75, 3.05) is 0 Å². The Morgan fingerprint density at radius 1 is 1.33 bits per heavy atom. The maximum absolute atomic E-state index is 10.1. The minimum absolute atomic E-state index is 2.03. The number of hydrogen-bond acceptors (Lipinski definition) is 4. The predicted octanol–water partition coefficient (Wildman–Crippen LogP) is 0.156. The summed E-state index contributed by atoms with van der Waals surface area (Å²) in [5, 5.41) is 0. The van der Waals surface area contributed by atoms with E-state index in [4.69, 9.17) is 0 Å². The summed E-state index contributed by atoms with van der Waals surface area (Å²) in [6.45, 7) is 0. The summed E-state index contributed by atoms with van der Waals surface area (Å²) < 4.78 is 23.7. The van der Waals surface area contributed by atoms with Crippen LogP contribution in [-0.4, -0.2) is 17.3 Å². The van der Waals surface area contributed by atoms with Gasteiger partial charge in [-0.3, -0.25) is 0 Å². The molecule has 32 valence electrons. The van der Waals surface area contributed by atoms with Crippen LogP contribution in [0.1, 0.15) is 0 Å². The molecule has 3 rings (SSSR count). The van der Waals surface area contributed by atoms with Gasteiger partial charge in [0.05, 0.1) is 0 Å². The van der Waals surface area contributed by atoms with Crippen LogP contribution in [0.4, 0.5) is 0 Å². The van der Waals surface area contributed by atoms with E-state index in [-0.39, 0.29) is 0 Å². The second kappa shape index (κ2) is 0.797. The Labute approximate surface area is 40.3 Å². The zero-order chi connectivity index (χ0) is 4.20. The van der Waals surface area contributed by atoms with Crippen molar-refractivity contribution in [2.24, 2.45) is 0 Å². The molecule has 0 aromatic carbocycles. The molecule has 0 amide bonds. The predicted molar refractivity (Wildman–Crippen MR) is 16.6 cm³/mol. The third kappa shape index (κ3) is 0.269. The maximum atomic E-state index is 10.1. The van der Waals surface area contributed by atoms with E-state index < -0.39 is 25.1 Å². The average Bonchev–Trinajstić information content (AvgIpc) is 1.24. The minimum atomic E-state index is -2.74. The first-order chi connectivity index (χ1) is 2.79. The summed E-state index contributed by atoms with van der Waals surface area (Å²) in [6.07, 6.45) is 0. The van der Waals surface area contributed by atoms with E-state index in [1.54, 1.807) is 0 Å². The van der Waals surface area contributed by atoms with Crippen LogP contribution in [-0.2, 0) is 14.5 Å². The fraction of sp³-hybridized carbons (Fsp3) is 0. The van der Waals surface area contributed by atoms with E-state index in [1.807, 2.05) is 0 Å². The third-order valence-corrected chi connectivity index (χ3v) is 10.1. The molecule has 4 nitrogen and oxygen atoms in total. The molecule has 6 heavy (non-hydrogen) atoms. The SMILES string of the molecule is O=P12[O][Ga]([O]1)[O]2. The molecule has 3 saturated heterocycles. The van der Waals surface area contributed by atoms with Gasteiger partial charge in [0.1, 0.15) is 0 Å². The molecular formula is GaO4P. The first-order valence-electron chi connectivity index (χ1n) is 1.44. The van der Waals surface area contributed by atoms with Crippen LogP contribution in [0.2, 0.25) is 0 Å². The molecule has 2 bridgehead atoms.